The van der Waals surface area contributed by atoms with Crippen molar-refractivity contribution in [3.8, 4) is 0 Å². The highest BCUT2D eigenvalue weighted by Gasteiger charge is 2.39. The van der Waals surface area contributed by atoms with E-state index in [1.54, 1.807) is 29.2 Å². The number of benzene rings is 1. The molecule has 1 N–H and O–H groups in total. The second kappa shape index (κ2) is 6.07. The average molecular weight is 324 g/mol. The number of hydrogen-bond donors (Lipinski definition) is 1. The van der Waals surface area contributed by atoms with Crippen LogP contribution in [-0.2, 0) is 9.59 Å². The van der Waals surface area contributed by atoms with Crippen molar-refractivity contribution in [3.63, 3.8) is 0 Å². The standard InChI is InChI=1S/C14H14ClN3O2S/c15-9-2-4-10(5-3-9)17-12(19)8-11-13(20)18-7-1-6-16-14(18)21-11/h2-5,11H,1,6-8H2,(H,17,19). The third-order valence-corrected chi connectivity index (χ3v) is 4.77. The molecule has 2 aliphatic rings. The van der Waals surface area contributed by atoms with Gasteiger partial charge in [-0.1, -0.05) is 23.4 Å². The van der Waals surface area contributed by atoms with E-state index in [2.05, 4.69) is 10.3 Å². The summed E-state index contributed by atoms with van der Waals surface area (Å²) in [6.07, 6.45) is 1.04. The molecule has 0 aromatic heterocycles. The van der Waals surface area contributed by atoms with Crippen LogP contribution in [0.15, 0.2) is 29.3 Å². The minimum absolute atomic E-state index is 0.00953. The van der Waals surface area contributed by atoms with Crippen LogP contribution in [0.25, 0.3) is 0 Å². The number of carbonyl (C=O) groups is 2. The molecular weight excluding hydrogens is 310 g/mol. The Morgan fingerprint density at radius 3 is 2.90 bits per heavy atom. The molecule has 0 radical (unpaired) electrons. The zero-order valence-electron chi connectivity index (χ0n) is 11.2. The summed E-state index contributed by atoms with van der Waals surface area (Å²) in [5.74, 6) is -0.187. The fourth-order valence-electron chi connectivity index (χ4n) is 2.28. The third kappa shape index (κ3) is 3.22. The number of nitrogens with one attached hydrogen (secondary N) is 1. The van der Waals surface area contributed by atoms with Crippen LogP contribution in [0.1, 0.15) is 12.8 Å². The fourth-order valence-corrected chi connectivity index (χ4v) is 3.60. The summed E-state index contributed by atoms with van der Waals surface area (Å²) in [6.45, 7) is 1.47. The summed E-state index contributed by atoms with van der Waals surface area (Å²) < 4.78 is 0. The van der Waals surface area contributed by atoms with E-state index in [9.17, 15) is 9.59 Å². The Labute approximate surface area is 131 Å². The summed E-state index contributed by atoms with van der Waals surface area (Å²) in [6, 6.07) is 6.89. The number of nitrogens with zero attached hydrogens (tertiary/aromatic N) is 2. The molecule has 21 heavy (non-hydrogen) atoms. The van der Waals surface area contributed by atoms with E-state index in [1.807, 2.05) is 0 Å². The number of hydrogen-bond acceptors (Lipinski definition) is 4. The van der Waals surface area contributed by atoms with Crippen LogP contribution >= 0.6 is 23.4 Å². The normalized spacial score (nSPS) is 21.0. The van der Waals surface area contributed by atoms with Crippen LogP contribution in [-0.4, -0.2) is 40.2 Å². The molecule has 5 nitrogen and oxygen atoms in total. The Morgan fingerprint density at radius 2 is 2.19 bits per heavy atom. The Hall–Kier alpha value is -1.53. The first-order chi connectivity index (χ1) is 10.1. The van der Waals surface area contributed by atoms with E-state index < -0.39 is 0 Å². The molecule has 0 saturated carbocycles. The lowest BCUT2D eigenvalue weighted by Gasteiger charge is -2.19. The topological polar surface area (TPSA) is 61.8 Å². The molecule has 1 aromatic rings. The van der Waals surface area contributed by atoms with Gasteiger partial charge >= 0.3 is 0 Å². The van der Waals surface area contributed by atoms with Crippen molar-refractivity contribution in [1.29, 1.82) is 0 Å². The summed E-state index contributed by atoms with van der Waals surface area (Å²) in [5.41, 5.74) is 0.676. The van der Waals surface area contributed by atoms with Crippen molar-refractivity contribution in [2.75, 3.05) is 18.4 Å². The SMILES string of the molecule is O=C(CC1SC2=NCCCN2C1=O)Nc1ccc(Cl)cc1. The monoisotopic (exact) mass is 323 g/mol. The van der Waals surface area contributed by atoms with Crippen LogP contribution in [0.2, 0.25) is 5.02 Å². The van der Waals surface area contributed by atoms with Crippen molar-refractivity contribution < 1.29 is 9.59 Å². The van der Waals surface area contributed by atoms with Crippen molar-refractivity contribution in [2.45, 2.75) is 18.1 Å². The van der Waals surface area contributed by atoms with Gasteiger partial charge in [-0.05, 0) is 30.7 Å². The second-order valence-electron chi connectivity index (χ2n) is 4.87. The maximum atomic E-state index is 12.2. The minimum Gasteiger partial charge on any atom is -0.326 e. The lowest BCUT2D eigenvalue weighted by atomic mass is 10.2. The Morgan fingerprint density at radius 1 is 1.43 bits per heavy atom. The Balaban J connectivity index is 1.60. The number of amidine groups is 1. The number of thioether (sulfide) groups is 1. The van der Waals surface area contributed by atoms with Crippen LogP contribution in [0, 0.1) is 0 Å². The number of carbonyl (C=O) groups excluding carboxylic acids is 2. The van der Waals surface area contributed by atoms with Crippen LogP contribution in [0.3, 0.4) is 0 Å². The summed E-state index contributed by atoms with van der Waals surface area (Å²) in [4.78, 5) is 30.3. The van der Waals surface area contributed by atoms with Gasteiger partial charge in [0, 0.05) is 30.2 Å². The van der Waals surface area contributed by atoms with Gasteiger partial charge in [0.05, 0.1) is 0 Å². The van der Waals surface area contributed by atoms with Gasteiger partial charge < -0.3 is 5.32 Å². The minimum atomic E-state index is -0.367. The zero-order valence-corrected chi connectivity index (χ0v) is 12.8. The number of halogens is 1. The van der Waals surface area contributed by atoms with Gasteiger partial charge in [-0.3, -0.25) is 19.5 Å². The van der Waals surface area contributed by atoms with Crippen LogP contribution < -0.4 is 5.32 Å². The van der Waals surface area contributed by atoms with Gasteiger partial charge in [0.2, 0.25) is 11.8 Å². The summed E-state index contributed by atoms with van der Waals surface area (Å²) >= 11 is 7.18. The molecule has 110 valence electrons. The maximum Gasteiger partial charge on any atom is 0.242 e. The molecule has 7 heteroatoms. The smallest absolute Gasteiger partial charge is 0.242 e. The predicted octanol–water partition coefficient (Wildman–Crippen LogP) is 2.37. The van der Waals surface area contributed by atoms with E-state index in [0.29, 0.717) is 17.3 Å². The molecule has 1 unspecified atom stereocenters. The predicted molar refractivity (Wildman–Crippen MR) is 84.7 cm³/mol. The molecule has 0 spiro atoms. The molecule has 1 fully saturated rings. The van der Waals surface area contributed by atoms with Gasteiger partial charge in [-0.2, -0.15) is 0 Å². The molecule has 1 saturated heterocycles. The van der Waals surface area contributed by atoms with Crippen LogP contribution in [0.5, 0.6) is 0 Å². The third-order valence-electron chi connectivity index (χ3n) is 3.31. The molecule has 3 rings (SSSR count). The van der Waals surface area contributed by atoms with Crippen molar-refractivity contribution in [1.82, 2.24) is 4.90 Å². The quantitative estimate of drug-likeness (QED) is 0.929. The van der Waals surface area contributed by atoms with E-state index in [0.717, 1.165) is 18.1 Å². The second-order valence-corrected chi connectivity index (χ2v) is 6.48. The molecular formula is C14H14ClN3O2S. The Kier molecular flexibility index (Phi) is 4.17. The van der Waals surface area contributed by atoms with Crippen molar-refractivity contribution in [3.05, 3.63) is 29.3 Å². The fraction of sp³-hybridized carbons (Fsp3) is 0.357. The van der Waals surface area contributed by atoms with Gasteiger partial charge in [0.25, 0.3) is 0 Å². The highest BCUT2D eigenvalue weighted by atomic mass is 35.5. The van der Waals surface area contributed by atoms with E-state index in [1.165, 1.54) is 11.8 Å². The first-order valence-corrected chi connectivity index (χ1v) is 7.97. The highest BCUT2D eigenvalue weighted by molar-refractivity contribution is 8.15. The molecule has 2 amide bonds. The summed E-state index contributed by atoms with van der Waals surface area (Å²) in [5, 5.41) is 3.78. The average Bonchev–Trinajstić information content (AvgIpc) is 2.78. The first kappa shape index (κ1) is 14.4. The number of anilines is 1. The number of aliphatic imine (C=N–C) groups is 1. The van der Waals surface area contributed by atoms with Gasteiger partial charge in [0.1, 0.15) is 5.25 Å². The van der Waals surface area contributed by atoms with Crippen molar-refractivity contribution >= 4 is 46.0 Å². The highest BCUT2D eigenvalue weighted by Crippen LogP contribution is 2.31. The van der Waals surface area contributed by atoms with Gasteiger partial charge in [-0.15, -0.1) is 0 Å². The van der Waals surface area contributed by atoms with E-state index >= 15 is 0 Å². The summed E-state index contributed by atoms with van der Waals surface area (Å²) in [7, 11) is 0. The van der Waals surface area contributed by atoms with Gasteiger partial charge in [0.15, 0.2) is 5.17 Å². The lowest BCUT2D eigenvalue weighted by molar-refractivity contribution is -0.128. The lowest BCUT2D eigenvalue weighted by Crippen LogP contribution is -2.36. The van der Waals surface area contributed by atoms with Crippen molar-refractivity contribution in [2.24, 2.45) is 4.99 Å². The Bertz CT molecular complexity index is 603. The number of rotatable bonds is 3. The van der Waals surface area contributed by atoms with Crippen LogP contribution in [0.4, 0.5) is 5.69 Å². The zero-order chi connectivity index (χ0) is 14.8. The maximum absolute atomic E-state index is 12.2. The largest absolute Gasteiger partial charge is 0.326 e. The first-order valence-electron chi connectivity index (χ1n) is 6.71. The number of fused-ring (bicyclic) bond motifs is 1. The van der Waals surface area contributed by atoms with E-state index in [4.69, 9.17) is 11.6 Å². The molecule has 0 bridgehead atoms. The molecule has 2 aliphatic heterocycles. The molecule has 0 aliphatic carbocycles. The number of amides is 2. The van der Waals surface area contributed by atoms with Gasteiger partial charge in [-0.25, -0.2) is 0 Å². The molecule has 1 aromatic carbocycles. The molecule has 1 atom stereocenters. The molecule has 2 heterocycles. The van der Waals surface area contributed by atoms with E-state index in [-0.39, 0.29) is 23.5 Å².